The summed E-state index contributed by atoms with van der Waals surface area (Å²) in [4.78, 5) is 23.6. The van der Waals surface area contributed by atoms with Crippen LogP contribution in [0.2, 0.25) is 0 Å². The van der Waals surface area contributed by atoms with Crippen LogP contribution in [0.25, 0.3) is 0 Å². The molecule has 0 atom stereocenters. The van der Waals surface area contributed by atoms with Crippen LogP contribution in [0.1, 0.15) is 71.0 Å². The zero-order valence-corrected chi connectivity index (χ0v) is 15.3. The lowest BCUT2D eigenvalue weighted by Gasteiger charge is -2.25. The van der Waals surface area contributed by atoms with E-state index in [1.165, 1.54) is 11.3 Å². The summed E-state index contributed by atoms with van der Waals surface area (Å²) in [6.45, 7) is 9.96. The van der Waals surface area contributed by atoms with E-state index < -0.39 is 11.9 Å². The zero-order chi connectivity index (χ0) is 18.3. The van der Waals surface area contributed by atoms with Gasteiger partial charge in [-0.05, 0) is 30.2 Å². The molecule has 0 aliphatic carbocycles. The normalized spacial score (nSPS) is 12.4. The van der Waals surface area contributed by atoms with Crippen LogP contribution >= 0.6 is 11.3 Å². The summed E-state index contributed by atoms with van der Waals surface area (Å²) in [5.74, 6) is -1.44. The average Bonchev–Trinajstić information content (AvgIpc) is 3.03. The number of carboxylic acids is 2. The van der Waals surface area contributed by atoms with Crippen molar-refractivity contribution < 1.29 is 24.2 Å². The van der Waals surface area contributed by atoms with Crippen molar-refractivity contribution in [2.45, 2.75) is 51.9 Å². The summed E-state index contributed by atoms with van der Waals surface area (Å²) in [6.07, 6.45) is 0.565. The quantitative estimate of drug-likeness (QED) is 0.825. The molecular formula is C18H22O5S. The zero-order valence-electron chi connectivity index (χ0n) is 14.5. The molecule has 0 unspecified atom stereocenters. The first-order chi connectivity index (χ1) is 10.9. The lowest BCUT2D eigenvalue weighted by atomic mass is 9.81. The van der Waals surface area contributed by atoms with Crippen LogP contribution in [0.15, 0.2) is 22.6 Å². The Morgan fingerprint density at radius 1 is 1.08 bits per heavy atom. The fraction of sp³-hybridized carbons (Fsp3) is 0.444. The molecule has 0 saturated heterocycles. The molecule has 0 saturated carbocycles. The Kier molecular flexibility index (Phi) is 4.63. The average molecular weight is 350 g/mol. The standard InChI is InChI=1S/C18H22O5S/c1-17(2,3)14-10(8-11(23-14)15(19)20)9-18(4,5)13-7-6-12(24-13)16(21)22/h6-8H,9H2,1-5H3,(H,19,20)(H,21,22). The molecule has 2 rings (SSSR count). The van der Waals surface area contributed by atoms with Crippen LogP contribution in [0, 0.1) is 0 Å². The van der Waals surface area contributed by atoms with Crippen molar-refractivity contribution in [3.63, 3.8) is 0 Å². The number of carbonyl (C=O) groups is 2. The Labute approximate surface area is 144 Å². The van der Waals surface area contributed by atoms with Gasteiger partial charge in [0.25, 0.3) is 0 Å². The third-order valence-corrected chi connectivity index (χ3v) is 5.26. The first kappa shape index (κ1) is 18.3. The molecular weight excluding hydrogens is 328 g/mol. The van der Waals surface area contributed by atoms with Gasteiger partial charge < -0.3 is 14.6 Å². The molecule has 2 heterocycles. The lowest BCUT2D eigenvalue weighted by molar-refractivity contribution is 0.0656. The third kappa shape index (κ3) is 3.70. The highest BCUT2D eigenvalue weighted by Crippen LogP contribution is 2.37. The van der Waals surface area contributed by atoms with Crippen molar-refractivity contribution in [2.75, 3.05) is 0 Å². The first-order valence-electron chi connectivity index (χ1n) is 7.62. The summed E-state index contributed by atoms with van der Waals surface area (Å²) < 4.78 is 5.58. The van der Waals surface area contributed by atoms with E-state index in [-0.39, 0.29) is 16.6 Å². The highest BCUT2D eigenvalue weighted by molar-refractivity contribution is 7.14. The molecule has 0 radical (unpaired) electrons. The van der Waals surface area contributed by atoms with Crippen LogP contribution in [-0.2, 0) is 17.3 Å². The van der Waals surface area contributed by atoms with Gasteiger partial charge in [0.15, 0.2) is 0 Å². The van der Waals surface area contributed by atoms with Crippen LogP contribution in [0.4, 0.5) is 0 Å². The molecule has 0 bridgehead atoms. The van der Waals surface area contributed by atoms with E-state index in [1.54, 1.807) is 12.1 Å². The third-order valence-electron chi connectivity index (χ3n) is 3.82. The molecule has 0 aromatic carbocycles. The van der Waals surface area contributed by atoms with Crippen LogP contribution in [-0.4, -0.2) is 22.2 Å². The van der Waals surface area contributed by atoms with Gasteiger partial charge in [-0.2, -0.15) is 0 Å². The molecule has 0 fully saturated rings. The molecule has 2 aromatic heterocycles. The van der Waals surface area contributed by atoms with E-state index in [4.69, 9.17) is 9.52 Å². The molecule has 2 aromatic rings. The van der Waals surface area contributed by atoms with Crippen molar-refractivity contribution in [3.8, 4) is 0 Å². The largest absolute Gasteiger partial charge is 0.477 e. The Morgan fingerprint density at radius 2 is 1.71 bits per heavy atom. The van der Waals surface area contributed by atoms with Gasteiger partial charge in [0.2, 0.25) is 5.76 Å². The fourth-order valence-electron chi connectivity index (χ4n) is 2.68. The Balaban J connectivity index is 2.41. The van der Waals surface area contributed by atoms with Gasteiger partial charge in [0, 0.05) is 15.7 Å². The van der Waals surface area contributed by atoms with E-state index in [2.05, 4.69) is 0 Å². The number of aromatic carboxylic acids is 2. The van der Waals surface area contributed by atoms with Crippen LogP contribution in [0.5, 0.6) is 0 Å². The van der Waals surface area contributed by atoms with Gasteiger partial charge >= 0.3 is 11.9 Å². The van der Waals surface area contributed by atoms with Crippen molar-refractivity contribution >= 4 is 23.3 Å². The second kappa shape index (κ2) is 6.09. The van der Waals surface area contributed by atoms with Crippen molar-refractivity contribution in [2.24, 2.45) is 0 Å². The van der Waals surface area contributed by atoms with Gasteiger partial charge in [-0.1, -0.05) is 34.6 Å². The van der Waals surface area contributed by atoms with E-state index in [0.717, 1.165) is 10.4 Å². The number of furan rings is 1. The van der Waals surface area contributed by atoms with Gasteiger partial charge in [-0.3, -0.25) is 0 Å². The summed E-state index contributed by atoms with van der Waals surface area (Å²) in [5, 5.41) is 18.3. The van der Waals surface area contributed by atoms with E-state index >= 15 is 0 Å². The number of hydrogen-bond donors (Lipinski definition) is 2. The monoisotopic (exact) mass is 350 g/mol. The smallest absolute Gasteiger partial charge is 0.371 e. The second-order valence-corrected chi connectivity index (χ2v) is 8.63. The summed E-state index contributed by atoms with van der Waals surface area (Å²) >= 11 is 1.25. The van der Waals surface area contributed by atoms with Crippen molar-refractivity contribution in [1.29, 1.82) is 0 Å². The summed E-state index contributed by atoms with van der Waals surface area (Å²) in [7, 11) is 0. The molecule has 0 spiro atoms. The minimum absolute atomic E-state index is 0.0665. The highest BCUT2D eigenvalue weighted by atomic mass is 32.1. The van der Waals surface area contributed by atoms with Crippen molar-refractivity contribution in [3.05, 3.63) is 45.0 Å². The molecule has 24 heavy (non-hydrogen) atoms. The predicted molar refractivity (Wildman–Crippen MR) is 92.4 cm³/mol. The number of rotatable bonds is 5. The maximum atomic E-state index is 11.3. The molecule has 2 N–H and O–H groups in total. The first-order valence-corrected chi connectivity index (χ1v) is 8.43. The fourth-order valence-corrected chi connectivity index (χ4v) is 3.62. The molecule has 130 valence electrons. The minimum Gasteiger partial charge on any atom is -0.477 e. The Morgan fingerprint density at radius 3 is 2.17 bits per heavy atom. The Bertz CT molecular complexity index is 774. The van der Waals surface area contributed by atoms with Crippen LogP contribution in [0.3, 0.4) is 0 Å². The summed E-state index contributed by atoms with van der Waals surface area (Å²) in [5.41, 5.74) is 0.189. The maximum absolute atomic E-state index is 11.3. The number of hydrogen-bond acceptors (Lipinski definition) is 4. The SMILES string of the molecule is CC(C)(C)c1oc(C(=O)O)cc1CC(C)(C)c1ccc(C(=O)O)s1. The van der Waals surface area contributed by atoms with E-state index in [1.807, 2.05) is 40.7 Å². The molecule has 6 heteroatoms. The van der Waals surface area contributed by atoms with Gasteiger partial charge in [0.05, 0.1) is 0 Å². The lowest BCUT2D eigenvalue weighted by Crippen LogP contribution is -2.21. The van der Waals surface area contributed by atoms with E-state index in [9.17, 15) is 14.7 Å². The van der Waals surface area contributed by atoms with Gasteiger partial charge in [-0.15, -0.1) is 11.3 Å². The number of thiophene rings is 1. The molecule has 0 aliphatic rings. The van der Waals surface area contributed by atoms with Crippen LogP contribution < -0.4 is 0 Å². The van der Waals surface area contributed by atoms with Gasteiger partial charge in [0.1, 0.15) is 10.6 Å². The van der Waals surface area contributed by atoms with Crippen molar-refractivity contribution in [1.82, 2.24) is 0 Å². The topological polar surface area (TPSA) is 87.7 Å². The molecule has 0 aliphatic heterocycles. The Hall–Kier alpha value is -2.08. The summed E-state index contributed by atoms with van der Waals surface area (Å²) in [6, 6.07) is 5.01. The molecule has 5 nitrogen and oxygen atoms in total. The number of carboxylic acid groups (broad SMARTS) is 2. The predicted octanol–water partition coefficient (Wildman–Crippen LogP) is 4.56. The second-order valence-electron chi connectivity index (χ2n) is 7.55. The molecule has 0 amide bonds. The minimum atomic E-state index is -1.09. The highest BCUT2D eigenvalue weighted by Gasteiger charge is 2.31. The van der Waals surface area contributed by atoms with E-state index in [0.29, 0.717) is 17.1 Å². The van der Waals surface area contributed by atoms with Gasteiger partial charge in [-0.25, -0.2) is 9.59 Å². The maximum Gasteiger partial charge on any atom is 0.371 e.